The van der Waals surface area contributed by atoms with Crippen LogP contribution in [-0.4, -0.2) is 54.8 Å². The van der Waals surface area contributed by atoms with Gasteiger partial charge in [0, 0.05) is 31.4 Å². The van der Waals surface area contributed by atoms with E-state index in [1.165, 1.54) is 38.5 Å². The second-order valence-electron chi connectivity index (χ2n) is 12.0. The molecule has 0 unspecified atom stereocenters. The number of carbonyl (C=O) groups excluding carboxylic acids is 1. The number of hydrogen-bond donors (Lipinski definition) is 1. The van der Waals surface area contributed by atoms with Crippen LogP contribution in [0, 0.1) is 0 Å². The standard InChI is InChI=1S/C31H45NO7/c1-2-3-4-5-12-21-34-23-15-13-22(14-16-23)32-28(33)26-24-25(37-30(36-24)17-8-6-9-18-30)27-29(35-26)39-31(38-27)19-10-7-11-20-31/h13-16,24-27,29H,2-12,17-21H2,1H3,(H,32,33)/t24-,25+,26+,27-,29-/m1/s1. The first-order chi connectivity index (χ1) is 19.1. The normalized spacial score (nSPS) is 32.6. The fourth-order valence-corrected chi connectivity index (χ4v) is 6.91. The number of benzene rings is 1. The second kappa shape index (κ2) is 12.0. The van der Waals surface area contributed by atoms with Gasteiger partial charge in [-0.3, -0.25) is 4.79 Å². The zero-order valence-corrected chi connectivity index (χ0v) is 23.4. The Balaban J connectivity index is 1.11. The molecule has 39 heavy (non-hydrogen) atoms. The third kappa shape index (κ3) is 6.01. The lowest BCUT2D eigenvalue weighted by Crippen LogP contribution is -2.58. The molecule has 2 spiro atoms. The van der Waals surface area contributed by atoms with Crippen LogP contribution in [0.25, 0.3) is 0 Å². The first-order valence-electron chi connectivity index (χ1n) is 15.5. The van der Waals surface area contributed by atoms with Crippen molar-refractivity contribution < 1.29 is 33.2 Å². The van der Waals surface area contributed by atoms with Gasteiger partial charge in [-0.05, 0) is 56.4 Å². The van der Waals surface area contributed by atoms with Gasteiger partial charge in [0.25, 0.3) is 5.91 Å². The molecule has 1 aromatic carbocycles. The molecule has 8 heteroatoms. The van der Waals surface area contributed by atoms with E-state index in [9.17, 15) is 4.79 Å². The topological polar surface area (TPSA) is 84.5 Å². The van der Waals surface area contributed by atoms with Crippen LogP contribution >= 0.6 is 0 Å². The Morgan fingerprint density at radius 1 is 0.795 bits per heavy atom. The van der Waals surface area contributed by atoms with Crippen molar-refractivity contribution in [2.45, 2.75) is 146 Å². The molecule has 5 fully saturated rings. The van der Waals surface area contributed by atoms with Crippen molar-refractivity contribution in [1.82, 2.24) is 0 Å². The fourth-order valence-electron chi connectivity index (χ4n) is 6.91. The van der Waals surface area contributed by atoms with Crippen LogP contribution in [0.4, 0.5) is 5.69 Å². The number of rotatable bonds is 9. The van der Waals surface area contributed by atoms with Gasteiger partial charge in [-0.2, -0.15) is 0 Å². The minimum Gasteiger partial charge on any atom is -0.494 e. The van der Waals surface area contributed by atoms with Crippen molar-refractivity contribution in [3.05, 3.63) is 24.3 Å². The molecule has 3 saturated heterocycles. The van der Waals surface area contributed by atoms with Crippen molar-refractivity contribution in [2.24, 2.45) is 0 Å². The van der Waals surface area contributed by atoms with Gasteiger partial charge in [0.15, 0.2) is 24.0 Å². The minimum atomic E-state index is -0.848. The zero-order chi connectivity index (χ0) is 26.7. The zero-order valence-electron chi connectivity index (χ0n) is 23.4. The maximum atomic E-state index is 13.6. The summed E-state index contributed by atoms with van der Waals surface area (Å²) in [6.07, 6.45) is 13.2. The first kappa shape index (κ1) is 27.5. The molecule has 0 bridgehead atoms. The molecule has 0 aromatic heterocycles. The number of carbonyl (C=O) groups is 1. The molecule has 1 amide bonds. The highest BCUT2D eigenvalue weighted by Crippen LogP contribution is 2.51. The summed E-state index contributed by atoms with van der Waals surface area (Å²) in [6.45, 7) is 2.93. The minimum absolute atomic E-state index is 0.252. The molecular weight excluding hydrogens is 498 g/mol. The third-order valence-corrected chi connectivity index (χ3v) is 9.01. The second-order valence-corrected chi connectivity index (χ2v) is 12.0. The molecule has 2 aliphatic carbocycles. The van der Waals surface area contributed by atoms with Gasteiger partial charge in [-0.15, -0.1) is 0 Å². The first-order valence-corrected chi connectivity index (χ1v) is 15.5. The molecule has 3 aliphatic heterocycles. The summed E-state index contributed by atoms with van der Waals surface area (Å²) < 4.78 is 38.4. The summed E-state index contributed by atoms with van der Waals surface area (Å²) in [5.41, 5.74) is 0.691. The fraction of sp³-hybridized carbons (Fsp3) is 0.774. The Morgan fingerprint density at radius 3 is 2.10 bits per heavy atom. The van der Waals surface area contributed by atoms with E-state index in [2.05, 4.69) is 12.2 Å². The number of hydrogen-bond acceptors (Lipinski definition) is 7. The van der Waals surface area contributed by atoms with Crippen LogP contribution in [0.1, 0.15) is 103 Å². The molecule has 6 rings (SSSR count). The Hall–Kier alpha value is -1.71. The van der Waals surface area contributed by atoms with Gasteiger partial charge in [0.1, 0.15) is 24.1 Å². The van der Waals surface area contributed by atoms with E-state index in [1.807, 2.05) is 24.3 Å². The Kier molecular flexibility index (Phi) is 8.47. The van der Waals surface area contributed by atoms with Crippen molar-refractivity contribution in [3.8, 4) is 5.75 Å². The number of unbranched alkanes of at least 4 members (excludes halogenated alkanes) is 4. The van der Waals surface area contributed by atoms with Crippen LogP contribution in [-0.2, 0) is 28.5 Å². The quantitative estimate of drug-likeness (QED) is 0.370. The van der Waals surface area contributed by atoms with Gasteiger partial charge < -0.3 is 33.7 Å². The smallest absolute Gasteiger partial charge is 0.256 e. The van der Waals surface area contributed by atoms with E-state index in [0.717, 1.165) is 63.5 Å². The lowest BCUT2D eigenvalue weighted by molar-refractivity contribution is -0.246. The number of amides is 1. The van der Waals surface area contributed by atoms with Crippen LogP contribution in [0.2, 0.25) is 0 Å². The highest BCUT2D eigenvalue weighted by Gasteiger charge is 2.65. The van der Waals surface area contributed by atoms with Gasteiger partial charge in [0.05, 0.1) is 6.61 Å². The maximum absolute atomic E-state index is 13.6. The van der Waals surface area contributed by atoms with Gasteiger partial charge in [-0.25, -0.2) is 0 Å². The molecule has 5 aliphatic rings. The van der Waals surface area contributed by atoms with Crippen molar-refractivity contribution in [2.75, 3.05) is 11.9 Å². The lowest BCUT2D eigenvalue weighted by Gasteiger charge is -2.36. The SMILES string of the molecule is CCCCCCCOc1ccc(NC(=O)[C@H]2O[C@@H]3OC4(CCCCC4)O[C@@H]3[C@H]3OC4(CCCCC4)O[C@H]32)cc1. The number of fused-ring (bicyclic) bond motifs is 3. The highest BCUT2D eigenvalue weighted by atomic mass is 16.9. The van der Waals surface area contributed by atoms with Gasteiger partial charge in [-0.1, -0.05) is 45.4 Å². The summed E-state index contributed by atoms with van der Waals surface area (Å²) in [4.78, 5) is 13.6. The molecule has 0 radical (unpaired) electrons. The molecule has 2 saturated carbocycles. The molecular formula is C31H45NO7. The van der Waals surface area contributed by atoms with E-state index >= 15 is 0 Å². The highest BCUT2D eigenvalue weighted by molar-refractivity contribution is 5.94. The van der Waals surface area contributed by atoms with E-state index in [0.29, 0.717) is 12.3 Å². The summed E-state index contributed by atoms with van der Waals surface area (Å²) in [7, 11) is 0. The maximum Gasteiger partial charge on any atom is 0.256 e. The average Bonchev–Trinajstić information content (AvgIpc) is 3.49. The Labute approximate surface area is 232 Å². The Morgan fingerprint density at radius 2 is 1.41 bits per heavy atom. The van der Waals surface area contributed by atoms with E-state index in [1.54, 1.807) is 0 Å². The van der Waals surface area contributed by atoms with Crippen LogP contribution < -0.4 is 10.1 Å². The predicted octanol–water partition coefficient (Wildman–Crippen LogP) is 6.22. The Bertz CT molecular complexity index is 956. The number of nitrogens with one attached hydrogen (secondary N) is 1. The monoisotopic (exact) mass is 543 g/mol. The molecule has 1 N–H and O–H groups in total. The molecule has 8 nitrogen and oxygen atoms in total. The summed E-state index contributed by atoms with van der Waals surface area (Å²) >= 11 is 0. The number of ether oxygens (including phenoxy) is 6. The van der Waals surface area contributed by atoms with Crippen molar-refractivity contribution in [3.63, 3.8) is 0 Å². The van der Waals surface area contributed by atoms with Crippen molar-refractivity contribution >= 4 is 11.6 Å². The van der Waals surface area contributed by atoms with Gasteiger partial charge >= 0.3 is 0 Å². The van der Waals surface area contributed by atoms with Crippen LogP contribution in [0.3, 0.4) is 0 Å². The molecule has 216 valence electrons. The van der Waals surface area contributed by atoms with Gasteiger partial charge in [0.2, 0.25) is 0 Å². The summed E-state index contributed by atoms with van der Waals surface area (Å²) in [6, 6.07) is 7.53. The summed E-state index contributed by atoms with van der Waals surface area (Å²) in [5, 5.41) is 3.03. The van der Waals surface area contributed by atoms with Crippen LogP contribution in [0.15, 0.2) is 24.3 Å². The third-order valence-electron chi connectivity index (χ3n) is 9.01. The van der Waals surface area contributed by atoms with E-state index < -0.39 is 42.3 Å². The lowest BCUT2D eigenvalue weighted by atomic mass is 9.94. The molecule has 3 heterocycles. The predicted molar refractivity (Wildman–Crippen MR) is 145 cm³/mol. The summed E-state index contributed by atoms with van der Waals surface area (Å²) in [5.74, 6) is -0.744. The molecule has 5 atom stereocenters. The van der Waals surface area contributed by atoms with E-state index in [4.69, 9.17) is 28.4 Å². The average molecular weight is 544 g/mol. The molecule has 1 aromatic rings. The largest absolute Gasteiger partial charge is 0.494 e. The van der Waals surface area contributed by atoms with E-state index in [-0.39, 0.29) is 5.91 Å². The van der Waals surface area contributed by atoms with Crippen molar-refractivity contribution in [1.29, 1.82) is 0 Å². The number of anilines is 1. The van der Waals surface area contributed by atoms with Crippen LogP contribution in [0.5, 0.6) is 5.75 Å².